The topological polar surface area (TPSA) is 85.1 Å². The Balaban J connectivity index is 1.79. The van der Waals surface area contributed by atoms with Crippen molar-refractivity contribution in [2.24, 2.45) is 12.1 Å². The summed E-state index contributed by atoms with van der Waals surface area (Å²) in [6.07, 6.45) is 1.45. The quantitative estimate of drug-likeness (QED) is 0.545. The third-order valence-electron chi connectivity index (χ3n) is 4.07. The molecule has 3 aromatic rings. The molecule has 1 amide bonds. The average molecular weight is 353 g/mol. The van der Waals surface area contributed by atoms with Gasteiger partial charge < -0.3 is 19.1 Å². The van der Waals surface area contributed by atoms with Gasteiger partial charge in [-0.15, -0.1) is 0 Å². The highest BCUT2D eigenvalue weighted by Crippen LogP contribution is 2.36. The summed E-state index contributed by atoms with van der Waals surface area (Å²) < 4.78 is 12.0. The Morgan fingerprint density at radius 1 is 1.15 bits per heavy atom. The van der Waals surface area contributed by atoms with Crippen molar-refractivity contribution in [1.29, 1.82) is 0 Å². The largest absolute Gasteiger partial charge is 0.502 e. The van der Waals surface area contributed by atoms with Crippen molar-refractivity contribution in [1.82, 2.24) is 9.99 Å². The van der Waals surface area contributed by atoms with Gasteiger partial charge in [-0.3, -0.25) is 4.79 Å². The van der Waals surface area contributed by atoms with Gasteiger partial charge in [0.05, 0.1) is 20.4 Å². The number of aromatic nitrogens is 1. The number of hydrogen-bond acceptors (Lipinski definition) is 5. The zero-order valence-corrected chi connectivity index (χ0v) is 14.7. The van der Waals surface area contributed by atoms with Gasteiger partial charge in [0.2, 0.25) is 5.75 Å². The van der Waals surface area contributed by atoms with E-state index in [0.717, 1.165) is 10.9 Å². The van der Waals surface area contributed by atoms with Gasteiger partial charge in [0.25, 0.3) is 5.91 Å². The molecule has 0 atom stereocenters. The van der Waals surface area contributed by atoms with Crippen LogP contribution in [0.3, 0.4) is 0 Å². The second-order valence-electron chi connectivity index (χ2n) is 5.62. The molecule has 0 saturated carbocycles. The number of hydrogen-bond donors (Lipinski definition) is 2. The SMILES string of the molecule is COc1cc(/C=N/NC(=O)c2cc3ccccc3n2C)cc(OC)c1O. The summed E-state index contributed by atoms with van der Waals surface area (Å²) in [6.45, 7) is 0. The Labute approximate surface area is 150 Å². The minimum Gasteiger partial charge on any atom is -0.502 e. The van der Waals surface area contributed by atoms with Gasteiger partial charge in [-0.05, 0) is 24.3 Å². The number of amides is 1. The Hall–Kier alpha value is -3.48. The van der Waals surface area contributed by atoms with Crippen molar-refractivity contribution < 1.29 is 19.4 Å². The maximum atomic E-state index is 12.4. The van der Waals surface area contributed by atoms with E-state index in [0.29, 0.717) is 11.3 Å². The number of methoxy groups -OCH3 is 2. The van der Waals surface area contributed by atoms with E-state index in [2.05, 4.69) is 10.5 Å². The number of nitrogens with one attached hydrogen (secondary N) is 1. The fraction of sp³-hybridized carbons (Fsp3) is 0.158. The number of carbonyl (C=O) groups excluding carboxylic acids is 1. The summed E-state index contributed by atoms with van der Waals surface area (Å²) >= 11 is 0. The summed E-state index contributed by atoms with van der Waals surface area (Å²) in [5.74, 6) is 0.0981. The van der Waals surface area contributed by atoms with Crippen LogP contribution in [0, 0.1) is 0 Å². The van der Waals surface area contributed by atoms with E-state index in [1.165, 1.54) is 20.4 Å². The lowest BCUT2D eigenvalue weighted by atomic mass is 10.2. The van der Waals surface area contributed by atoms with E-state index < -0.39 is 0 Å². The second kappa shape index (κ2) is 7.18. The lowest BCUT2D eigenvalue weighted by Gasteiger charge is -2.09. The molecule has 3 rings (SSSR count). The number of phenolic OH excluding ortho intramolecular Hbond substituents is 1. The molecule has 0 aliphatic carbocycles. The third kappa shape index (κ3) is 3.19. The molecule has 26 heavy (non-hydrogen) atoms. The van der Waals surface area contributed by atoms with Crippen LogP contribution in [-0.2, 0) is 7.05 Å². The number of aromatic hydroxyl groups is 1. The van der Waals surface area contributed by atoms with E-state index in [1.807, 2.05) is 41.9 Å². The minimum atomic E-state index is -0.322. The number of rotatable bonds is 5. The average Bonchev–Trinajstić information content (AvgIpc) is 3.00. The van der Waals surface area contributed by atoms with Crippen molar-refractivity contribution >= 4 is 23.0 Å². The van der Waals surface area contributed by atoms with Gasteiger partial charge in [0.15, 0.2) is 11.5 Å². The Kier molecular flexibility index (Phi) is 4.79. The van der Waals surface area contributed by atoms with Gasteiger partial charge in [0, 0.05) is 23.5 Å². The molecular formula is C19H19N3O4. The molecule has 0 fully saturated rings. The first-order valence-electron chi connectivity index (χ1n) is 7.88. The highest BCUT2D eigenvalue weighted by atomic mass is 16.5. The van der Waals surface area contributed by atoms with Gasteiger partial charge in [0.1, 0.15) is 5.69 Å². The van der Waals surface area contributed by atoms with Crippen LogP contribution >= 0.6 is 0 Å². The van der Waals surface area contributed by atoms with Crippen LogP contribution in [0.25, 0.3) is 10.9 Å². The predicted molar refractivity (Wildman–Crippen MR) is 99.2 cm³/mol. The van der Waals surface area contributed by atoms with Crippen molar-refractivity contribution in [2.75, 3.05) is 14.2 Å². The number of fused-ring (bicyclic) bond motifs is 1. The highest BCUT2D eigenvalue weighted by molar-refractivity contribution is 5.99. The number of phenols is 1. The van der Waals surface area contributed by atoms with Gasteiger partial charge >= 0.3 is 0 Å². The summed E-state index contributed by atoms with van der Waals surface area (Å²) in [4.78, 5) is 12.4. The summed E-state index contributed by atoms with van der Waals surface area (Å²) in [5, 5.41) is 14.9. The van der Waals surface area contributed by atoms with E-state index in [-0.39, 0.29) is 23.2 Å². The van der Waals surface area contributed by atoms with Crippen molar-refractivity contribution in [2.45, 2.75) is 0 Å². The van der Waals surface area contributed by atoms with Gasteiger partial charge in [-0.1, -0.05) is 18.2 Å². The van der Waals surface area contributed by atoms with Crippen molar-refractivity contribution in [3.8, 4) is 17.2 Å². The van der Waals surface area contributed by atoms with Crippen LogP contribution < -0.4 is 14.9 Å². The minimum absolute atomic E-state index is 0.0910. The number of carbonyl (C=O) groups is 1. The number of hydrazone groups is 1. The molecule has 0 spiro atoms. The van der Waals surface area contributed by atoms with Crippen LogP contribution in [0.1, 0.15) is 16.1 Å². The maximum Gasteiger partial charge on any atom is 0.287 e. The van der Waals surface area contributed by atoms with Crippen molar-refractivity contribution in [3.05, 3.63) is 53.7 Å². The fourth-order valence-corrected chi connectivity index (χ4v) is 2.72. The molecule has 0 saturated heterocycles. The molecule has 0 unspecified atom stereocenters. The second-order valence-corrected chi connectivity index (χ2v) is 5.62. The first-order chi connectivity index (χ1) is 12.5. The number of aryl methyl sites for hydroxylation is 1. The van der Waals surface area contributed by atoms with Gasteiger partial charge in [-0.2, -0.15) is 5.10 Å². The van der Waals surface area contributed by atoms with Gasteiger partial charge in [-0.25, -0.2) is 5.43 Å². The fourth-order valence-electron chi connectivity index (χ4n) is 2.72. The number of nitrogens with zero attached hydrogens (tertiary/aromatic N) is 2. The Bertz CT molecular complexity index is 967. The third-order valence-corrected chi connectivity index (χ3v) is 4.07. The molecule has 0 radical (unpaired) electrons. The molecule has 0 bridgehead atoms. The first-order valence-corrected chi connectivity index (χ1v) is 7.88. The lowest BCUT2D eigenvalue weighted by molar-refractivity contribution is 0.0947. The van der Waals surface area contributed by atoms with E-state index >= 15 is 0 Å². The molecule has 1 heterocycles. The summed E-state index contributed by atoms with van der Waals surface area (Å²) in [7, 11) is 4.71. The lowest BCUT2D eigenvalue weighted by Crippen LogP contribution is -2.20. The molecule has 1 aromatic heterocycles. The van der Waals surface area contributed by atoms with E-state index in [9.17, 15) is 9.90 Å². The van der Waals surface area contributed by atoms with Crippen LogP contribution in [0.5, 0.6) is 17.2 Å². The predicted octanol–water partition coefficient (Wildman–Crippen LogP) is 2.67. The summed E-state index contributed by atoms with van der Waals surface area (Å²) in [6, 6.07) is 12.7. The number of para-hydroxylation sites is 1. The number of benzene rings is 2. The molecule has 0 aliphatic rings. The smallest absolute Gasteiger partial charge is 0.287 e. The Morgan fingerprint density at radius 2 is 1.81 bits per heavy atom. The van der Waals surface area contributed by atoms with Crippen LogP contribution in [0.2, 0.25) is 0 Å². The van der Waals surface area contributed by atoms with E-state index in [4.69, 9.17) is 9.47 Å². The highest BCUT2D eigenvalue weighted by Gasteiger charge is 2.13. The molecule has 2 aromatic carbocycles. The Morgan fingerprint density at radius 3 is 2.42 bits per heavy atom. The normalized spacial score (nSPS) is 11.0. The zero-order chi connectivity index (χ0) is 18.7. The van der Waals surface area contributed by atoms with Crippen molar-refractivity contribution in [3.63, 3.8) is 0 Å². The standard InChI is InChI=1S/C19H19N3O4/c1-22-14-7-5-4-6-13(14)10-15(22)19(24)21-20-11-12-8-16(25-2)18(23)17(9-12)26-3/h4-11,23H,1-3H3,(H,21,24)/b20-11+. The van der Waals surface area contributed by atoms with E-state index in [1.54, 1.807) is 12.1 Å². The van der Waals surface area contributed by atoms with Crippen LogP contribution in [0.15, 0.2) is 47.6 Å². The maximum absolute atomic E-state index is 12.4. The molecule has 134 valence electrons. The molecule has 7 heteroatoms. The number of ether oxygens (including phenoxy) is 2. The zero-order valence-electron chi connectivity index (χ0n) is 14.7. The van der Waals surface area contributed by atoms with Crippen LogP contribution in [-0.4, -0.2) is 36.0 Å². The molecule has 0 aliphatic heterocycles. The molecular weight excluding hydrogens is 334 g/mol. The van der Waals surface area contributed by atoms with Crippen LogP contribution in [0.4, 0.5) is 0 Å². The molecule has 7 nitrogen and oxygen atoms in total. The summed E-state index contributed by atoms with van der Waals surface area (Å²) in [5.41, 5.74) is 4.58. The molecule has 2 N–H and O–H groups in total. The first kappa shape index (κ1) is 17.3. The monoisotopic (exact) mass is 353 g/mol.